The zero-order chi connectivity index (χ0) is 21.7. The lowest BCUT2D eigenvalue weighted by molar-refractivity contribution is -0.0205. The third-order valence-corrected chi connectivity index (χ3v) is 6.18. The molecule has 0 aliphatic carbocycles. The number of benzene rings is 3. The van der Waals surface area contributed by atoms with E-state index in [2.05, 4.69) is 0 Å². The first-order valence-electron chi connectivity index (χ1n) is 10.6. The molecule has 32 heavy (non-hydrogen) atoms. The maximum atomic E-state index is 6.47. The van der Waals surface area contributed by atoms with Gasteiger partial charge in [-0.25, -0.2) is 5.01 Å². The van der Waals surface area contributed by atoms with Crippen LogP contribution in [-0.4, -0.2) is 24.1 Å². The summed E-state index contributed by atoms with van der Waals surface area (Å²) in [6.45, 7) is 2.80. The summed E-state index contributed by atoms with van der Waals surface area (Å²) >= 11 is 6.34. The molecule has 6 rings (SSSR count). The lowest BCUT2D eigenvalue weighted by Gasteiger charge is -2.38. The van der Waals surface area contributed by atoms with Gasteiger partial charge in [0, 0.05) is 22.6 Å². The lowest BCUT2D eigenvalue weighted by Crippen LogP contribution is -2.34. The van der Waals surface area contributed by atoms with Gasteiger partial charge in [-0.3, -0.25) is 0 Å². The molecule has 0 unspecified atom stereocenters. The molecule has 2 atom stereocenters. The van der Waals surface area contributed by atoms with Crippen LogP contribution < -0.4 is 18.9 Å². The third-order valence-electron chi connectivity index (χ3n) is 5.94. The molecule has 0 radical (unpaired) electrons. The average Bonchev–Trinajstić information content (AvgIpc) is 3.46. The first-order valence-corrected chi connectivity index (χ1v) is 11.0. The van der Waals surface area contributed by atoms with Gasteiger partial charge in [0.2, 0.25) is 13.0 Å². The van der Waals surface area contributed by atoms with E-state index in [1.54, 1.807) is 0 Å². The molecule has 3 heterocycles. The number of rotatable bonds is 4. The predicted molar refractivity (Wildman–Crippen MR) is 121 cm³/mol. The van der Waals surface area contributed by atoms with Crippen LogP contribution in [0.3, 0.4) is 0 Å². The van der Waals surface area contributed by atoms with Crippen LogP contribution in [0.25, 0.3) is 0 Å². The Balaban J connectivity index is 1.45. The van der Waals surface area contributed by atoms with Crippen molar-refractivity contribution in [1.29, 1.82) is 0 Å². The molecule has 0 saturated carbocycles. The van der Waals surface area contributed by atoms with Crippen molar-refractivity contribution in [3.05, 3.63) is 82.4 Å². The van der Waals surface area contributed by atoms with Crippen molar-refractivity contribution in [2.45, 2.75) is 25.6 Å². The highest BCUT2D eigenvalue weighted by atomic mass is 35.5. The molecule has 162 valence electrons. The molecule has 0 N–H and O–H groups in total. The first-order chi connectivity index (χ1) is 15.7. The standard InChI is InChI=1S/C25H21ClN2O4/c1-2-29-21-6-4-3-5-17(21)25-28-20(18-12-16(26)8-10-22(18)32-25)13-19(27-28)15-7-9-23-24(11-15)31-14-30-23/h3-12,20,25H,2,13-14H2,1H3/t20-,25-/m1/s1. The molecule has 0 fully saturated rings. The average molecular weight is 449 g/mol. The lowest BCUT2D eigenvalue weighted by atomic mass is 9.95. The van der Waals surface area contributed by atoms with E-state index in [0.717, 1.165) is 51.8 Å². The monoisotopic (exact) mass is 448 g/mol. The Morgan fingerprint density at radius 2 is 1.84 bits per heavy atom. The van der Waals surface area contributed by atoms with Crippen LogP contribution in [0, 0.1) is 0 Å². The molecule has 0 amide bonds. The van der Waals surface area contributed by atoms with Crippen molar-refractivity contribution in [2.24, 2.45) is 5.10 Å². The second-order valence-electron chi connectivity index (χ2n) is 7.84. The van der Waals surface area contributed by atoms with Crippen LogP contribution in [0.1, 0.15) is 42.3 Å². The highest BCUT2D eigenvalue weighted by Crippen LogP contribution is 2.49. The number of hydrogen-bond donors (Lipinski definition) is 0. The van der Waals surface area contributed by atoms with Crippen molar-refractivity contribution >= 4 is 17.3 Å². The van der Waals surface area contributed by atoms with Crippen molar-refractivity contribution < 1.29 is 18.9 Å². The van der Waals surface area contributed by atoms with Crippen LogP contribution in [0.2, 0.25) is 5.02 Å². The Bertz CT molecular complexity index is 1230. The minimum absolute atomic E-state index is 0.00226. The summed E-state index contributed by atoms with van der Waals surface area (Å²) in [5.74, 6) is 3.11. The van der Waals surface area contributed by atoms with Gasteiger partial charge in [-0.1, -0.05) is 23.7 Å². The van der Waals surface area contributed by atoms with Gasteiger partial charge in [-0.15, -0.1) is 0 Å². The van der Waals surface area contributed by atoms with Gasteiger partial charge in [-0.05, 0) is 55.5 Å². The molecule has 6 nitrogen and oxygen atoms in total. The Morgan fingerprint density at radius 3 is 2.75 bits per heavy atom. The van der Waals surface area contributed by atoms with E-state index in [0.29, 0.717) is 11.6 Å². The van der Waals surface area contributed by atoms with Crippen molar-refractivity contribution in [3.63, 3.8) is 0 Å². The van der Waals surface area contributed by atoms with E-state index in [1.807, 2.05) is 72.6 Å². The molecule has 3 aromatic rings. The Hall–Kier alpha value is -3.38. The summed E-state index contributed by atoms with van der Waals surface area (Å²) in [5, 5.41) is 7.73. The fourth-order valence-electron chi connectivity index (χ4n) is 4.49. The summed E-state index contributed by atoms with van der Waals surface area (Å²) < 4.78 is 23.4. The van der Waals surface area contributed by atoms with Crippen LogP contribution in [0.5, 0.6) is 23.0 Å². The highest BCUT2D eigenvalue weighted by molar-refractivity contribution is 6.30. The van der Waals surface area contributed by atoms with Gasteiger partial charge in [0.1, 0.15) is 11.5 Å². The van der Waals surface area contributed by atoms with Crippen LogP contribution in [0.4, 0.5) is 0 Å². The molecule has 0 spiro atoms. The van der Waals surface area contributed by atoms with E-state index in [9.17, 15) is 0 Å². The summed E-state index contributed by atoms with van der Waals surface area (Å²) in [7, 11) is 0. The smallest absolute Gasteiger partial charge is 0.231 e. The summed E-state index contributed by atoms with van der Waals surface area (Å²) in [6.07, 6.45) is 0.312. The maximum Gasteiger partial charge on any atom is 0.231 e. The SMILES string of the molecule is CCOc1ccccc1[C@H]1Oc2ccc(Cl)cc2[C@H]2CC(c3ccc4c(c3)OCO4)=NN21. The van der Waals surface area contributed by atoms with Crippen LogP contribution >= 0.6 is 11.6 Å². The first kappa shape index (κ1) is 19.3. The summed E-state index contributed by atoms with van der Waals surface area (Å²) in [4.78, 5) is 0. The number of ether oxygens (including phenoxy) is 4. The summed E-state index contributed by atoms with van der Waals surface area (Å²) in [6, 6.07) is 19.7. The zero-order valence-corrected chi connectivity index (χ0v) is 18.2. The zero-order valence-electron chi connectivity index (χ0n) is 17.5. The molecule has 3 aromatic carbocycles. The molecule has 7 heteroatoms. The van der Waals surface area contributed by atoms with Crippen LogP contribution in [-0.2, 0) is 0 Å². The van der Waals surface area contributed by atoms with Crippen molar-refractivity contribution in [1.82, 2.24) is 5.01 Å². The quantitative estimate of drug-likeness (QED) is 0.511. The second-order valence-corrected chi connectivity index (χ2v) is 8.27. The topological polar surface area (TPSA) is 52.5 Å². The number of fused-ring (bicyclic) bond motifs is 4. The molecular weight excluding hydrogens is 428 g/mol. The number of para-hydroxylation sites is 1. The van der Waals surface area contributed by atoms with Crippen molar-refractivity contribution in [3.8, 4) is 23.0 Å². The van der Waals surface area contributed by atoms with E-state index in [-0.39, 0.29) is 12.8 Å². The van der Waals surface area contributed by atoms with E-state index in [1.165, 1.54) is 0 Å². The fraction of sp³-hybridized carbons (Fsp3) is 0.240. The van der Waals surface area contributed by atoms with E-state index < -0.39 is 6.23 Å². The number of halogens is 1. The van der Waals surface area contributed by atoms with E-state index in [4.69, 9.17) is 35.6 Å². The largest absolute Gasteiger partial charge is 0.493 e. The van der Waals surface area contributed by atoms with Gasteiger partial charge in [0.05, 0.1) is 23.9 Å². The minimum Gasteiger partial charge on any atom is -0.493 e. The summed E-state index contributed by atoms with van der Waals surface area (Å²) in [5.41, 5.74) is 3.94. The van der Waals surface area contributed by atoms with Crippen molar-refractivity contribution in [2.75, 3.05) is 13.4 Å². The molecular formula is C25H21ClN2O4. The highest BCUT2D eigenvalue weighted by Gasteiger charge is 2.42. The van der Waals surface area contributed by atoms with E-state index >= 15 is 0 Å². The van der Waals surface area contributed by atoms with Gasteiger partial charge >= 0.3 is 0 Å². The molecule has 3 aliphatic heterocycles. The molecule has 3 aliphatic rings. The molecule has 0 saturated heterocycles. The Morgan fingerprint density at radius 1 is 1.00 bits per heavy atom. The number of hydrogen-bond acceptors (Lipinski definition) is 6. The second kappa shape index (κ2) is 7.64. The third kappa shape index (κ3) is 3.14. The van der Waals surface area contributed by atoms with Crippen LogP contribution in [0.15, 0.2) is 65.8 Å². The van der Waals surface area contributed by atoms with Gasteiger partial charge in [-0.2, -0.15) is 5.10 Å². The van der Waals surface area contributed by atoms with Gasteiger partial charge in [0.25, 0.3) is 0 Å². The number of hydrazone groups is 1. The normalized spacial score (nSPS) is 20.3. The fourth-order valence-corrected chi connectivity index (χ4v) is 4.67. The number of nitrogens with zero attached hydrogens (tertiary/aromatic N) is 2. The van der Waals surface area contributed by atoms with Gasteiger partial charge in [0.15, 0.2) is 11.5 Å². The predicted octanol–water partition coefficient (Wildman–Crippen LogP) is 5.71. The Labute approximate surface area is 190 Å². The minimum atomic E-state index is -0.414. The Kier molecular flexibility index (Phi) is 4.61. The maximum absolute atomic E-state index is 6.47. The molecule has 0 bridgehead atoms. The molecule has 0 aromatic heterocycles. The van der Waals surface area contributed by atoms with Gasteiger partial charge < -0.3 is 18.9 Å².